The molecule has 0 aromatic heterocycles. The molecule has 7 heteroatoms. The van der Waals surface area contributed by atoms with Gasteiger partial charge in [0.05, 0.1) is 19.8 Å². The Balaban J connectivity index is 1.31. The van der Waals surface area contributed by atoms with E-state index in [-0.39, 0.29) is 18.5 Å². The molecule has 2 N–H and O–H groups in total. The molecule has 4 saturated carbocycles. The minimum atomic E-state index is -0.568. The fraction of sp³-hybridized carbons (Fsp3) is 0.909. The van der Waals surface area contributed by atoms with Crippen LogP contribution < -0.4 is 5.32 Å². The highest BCUT2D eigenvalue weighted by Crippen LogP contribution is 2.61. The first-order valence-electron chi connectivity index (χ1n) is 11.5. The quantitative estimate of drug-likeness (QED) is 0.675. The van der Waals surface area contributed by atoms with Crippen molar-refractivity contribution in [3.05, 3.63) is 0 Å². The zero-order valence-corrected chi connectivity index (χ0v) is 17.8. The Labute approximate surface area is 174 Å². The van der Waals surface area contributed by atoms with Gasteiger partial charge in [0.1, 0.15) is 6.04 Å². The second-order valence-corrected chi connectivity index (χ2v) is 9.99. The summed E-state index contributed by atoms with van der Waals surface area (Å²) in [4.78, 5) is 28.9. The van der Waals surface area contributed by atoms with Crippen LogP contribution in [0, 0.1) is 23.2 Å². The third-order valence-electron chi connectivity index (χ3n) is 7.77. The Bertz CT molecular complexity index is 570. The number of rotatable bonds is 7. The number of ether oxygens (including phenoxy) is 1. The molecule has 5 aliphatic rings. The highest BCUT2D eigenvalue weighted by atomic mass is 16.5. The van der Waals surface area contributed by atoms with Gasteiger partial charge in [0.2, 0.25) is 5.91 Å². The first-order chi connectivity index (χ1) is 14.0. The van der Waals surface area contributed by atoms with E-state index in [2.05, 4.69) is 5.32 Å². The van der Waals surface area contributed by atoms with Crippen LogP contribution in [0.4, 0.5) is 4.79 Å². The smallest absolute Gasteiger partial charge is 0.318 e. The number of morpholine rings is 1. The fourth-order valence-corrected chi connectivity index (χ4v) is 6.80. The van der Waals surface area contributed by atoms with E-state index in [9.17, 15) is 14.7 Å². The van der Waals surface area contributed by atoms with E-state index < -0.39 is 6.04 Å². The number of carbonyl (C=O) groups is 2. The molecule has 0 spiro atoms. The standard InChI is InChI=1S/C22H37N3O4/c1-16(20(27)24-5-8-29-9-6-24)23-21(28)25(4-7-26)3-2-22-13-17-10-18(14-22)12-19(11-17)15-22/h16-19,26H,2-15H2,1H3,(H,23,28). The Kier molecular flexibility index (Phi) is 6.35. The first kappa shape index (κ1) is 20.9. The van der Waals surface area contributed by atoms with Gasteiger partial charge in [-0.15, -0.1) is 0 Å². The molecule has 5 rings (SSSR count). The van der Waals surface area contributed by atoms with Crippen LogP contribution in [-0.2, 0) is 9.53 Å². The van der Waals surface area contributed by atoms with Crippen LogP contribution in [0.25, 0.3) is 0 Å². The zero-order chi connectivity index (χ0) is 20.4. The molecule has 7 nitrogen and oxygen atoms in total. The average molecular weight is 408 g/mol. The maximum atomic E-state index is 12.9. The molecule has 1 aliphatic heterocycles. The molecular weight excluding hydrogens is 370 g/mol. The Morgan fingerprint density at radius 2 is 1.69 bits per heavy atom. The molecule has 0 radical (unpaired) electrons. The van der Waals surface area contributed by atoms with Crippen molar-refractivity contribution in [3.63, 3.8) is 0 Å². The van der Waals surface area contributed by atoms with Crippen molar-refractivity contribution in [2.45, 2.75) is 57.9 Å². The fourth-order valence-electron chi connectivity index (χ4n) is 6.80. The number of amides is 3. The summed E-state index contributed by atoms with van der Waals surface area (Å²) in [6.07, 6.45) is 9.23. The summed E-state index contributed by atoms with van der Waals surface area (Å²) in [7, 11) is 0. The summed E-state index contributed by atoms with van der Waals surface area (Å²) in [5.41, 5.74) is 0.401. The number of hydrogen-bond donors (Lipinski definition) is 2. The van der Waals surface area contributed by atoms with Gasteiger partial charge in [0.15, 0.2) is 0 Å². The van der Waals surface area contributed by atoms with Gasteiger partial charge in [-0.1, -0.05) is 0 Å². The molecule has 0 aromatic carbocycles. The lowest BCUT2D eigenvalue weighted by Crippen LogP contribution is -2.54. The summed E-state index contributed by atoms with van der Waals surface area (Å²) < 4.78 is 5.30. The highest BCUT2D eigenvalue weighted by Gasteiger charge is 2.50. The van der Waals surface area contributed by atoms with Crippen LogP contribution >= 0.6 is 0 Å². The van der Waals surface area contributed by atoms with Crippen molar-refractivity contribution in [1.29, 1.82) is 0 Å². The summed E-state index contributed by atoms with van der Waals surface area (Å²) in [5, 5.41) is 12.3. The van der Waals surface area contributed by atoms with Gasteiger partial charge in [-0.05, 0) is 75.0 Å². The molecule has 5 fully saturated rings. The van der Waals surface area contributed by atoms with Crippen LogP contribution in [-0.4, -0.2) is 78.9 Å². The molecule has 1 heterocycles. The predicted octanol–water partition coefficient (Wildman–Crippen LogP) is 1.84. The molecule has 164 valence electrons. The van der Waals surface area contributed by atoms with E-state index in [0.29, 0.717) is 44.8 Å². The molecular formula is C22H37N3O4. The van der Waals surface area contributed by atoms with Crippen LogP contribution in [0.15, 0.2) is 0 Å². The van der Waals surface area contributed by atoms with Gasteiger partial charge in [-0.2, -0.15) is 0 Å². The van der Waals surface area contributed by atoms with Crippen molar-refractivity contribution >= 4 is 11.9 Å². The molecule has 3 amide bonds. The third kappa shape index (κ3) is 4.71. The van der Waals surface area contributed by atoms with Crippen molar-refractivity contribution in [2.75, 3.05) is 46.0 Å². The largest absolute Gasteiger partial charge is 0.395 e. The summed E-state index contributed by atoms with van der Waals surface area (Å²) in [5.74, 6) is 2.62. The minimum Gasteiger partial charge on any atom is -0.395 e. The van der Waals surface area contributed by atoms with Gasteiger partial charge in [0.25, 0.3) is 0 Å². The van der Waals surface area contributed by atoms with E-state index in [1.54, 1.807) is 16.7 Å². The third-order valence-corrected chi connectivity index (χ3v) is 7.77. The highest BCUT2D eigenvalue weighted by molar-refractivity contribution is 5.86. The number of carbonyl (C=O) groups excluding carboxylic acids is 2. The van der Waals surface area contributed by atoms with Crippen LogP contribution in [0.3, 0.4) is 0 Å². The molecule has 4 aliphatic carbocycles. The van der Waals surface area contributed by atoms with E-state index in [4.69, 9.17) is 4.74 Å². The molecule has 0 aromatic rings. The first-order valence-corrected chi connectivity index (χ1v) is 11.5. The number of nitrogens with one attached hydrogen (secondary N) is 1. The number of nitrogens with zero attached hydrogens (tertiary/aromatic N) is 2. The average Bonchev–Trinajstić information content (AvgIpc) is 2.70. The van der Waals surface area contributed by atoms with Crippen molar-refractivity contribution in [3.8, 4) is 0 Å². The molecule has 1 atom stereocenters. The number of urea groups is 1. The summed E-state index contributed by atoms with van der Waals surface area (Å²) >= 11 is 0. The Hall–Kier alpha value is -1.34. The SMILES string of the molecule is CC(NC(=O)N(CCO)CCC12CC3CC(CC(C3)C1)C2)C(=O)N1CCOCC1. The lowest BCUT2D eigenvalue weighted by atomic mass is 9.49. The second-order valence-electron chi connectivity index (χ2n) is 9.99. The van der Waals surface area contributed by atoms with Gasteiger partial charge >= 0.3 is 6.03 Å². The van der Waals surface area contributed by atoms with Crippen LogP contribution in [0.2, 0.25) is 0 Å². The molecule has 4 bridgehead atoms. The van der Waals surface area contributed by atoms with Crippen molar-refractivity contribution in [1.82, 2.24) is 15.1 Å². The van der Waals surface area contributed by atoms with Crippen molar-refractivity contribution < 1.29 is 19.4 Å². The molecule has 1 saturated heterocycles. The normalized spacial score (nSPS) is 34.1. The van der Waals surface area contributed by atoms with E-state index >= 15 is 0 Å². The lowest BCUT2D eigenvalue weighted by molar-refractivity contribution is -0.136. The summed E-state index contributed by atoms with van der Waals surface area (Å²) in [6.45, 7) is 4.92. The van der Waals surface area contributed by atoms with Crippen LogP contribution in [0.1, 0.15) is 51.9 Å². The molecule has 29 heavy (non-hydrogen) atoms. The minimum absolute atomic E-state index is 0.0555. The zero-order valence-electron chi connectivity index (χ0n) is 17.8. The van der Waals surface area contributed by atoms with E-state index in [1.165, 1.54) is 38.5 Å². The summed E-state index contributed by atoms with van der Waals surface area (Å²) in [6, 6.07) is -0.806. The van der Waals surface area contributed by atoms with E-state index in [1.807, 2.05) is 0 Å². The number of aliphatic hydroxyl groups excluding tert-OH is 1. The Morgan fingerprint density at radius 3 is 2.24 bits per heavy atom. The topological polar surface area (TPSA) is 82.1 Å². The number of hydrogen-bond acceptors (Lipinski definition) is 4. The lowest BCUT2D eigenvalue weighted by Gasteiger charge is -2.57. The monoisotopic (exact) mass is 407 g/mol. The van der Waals surface area contributed by atoms with Gasteiger partial charge in [0, 0.05) is 26.2 Å². The van der Waals surface area contributed by atoms with Gasteiger partial charge in [-0.25, -0.2) is 4.79 Å². The number of aliphatic hydroxyl groups is 1. The maximum Gasteiger partial charge on any atom is 0.318 e. The van der Waals surface area contributed by atoms with Gasteiger partial charge in [-0.3, -0.25) is 4.79 Å². The Morgan fingerprint density at radius 1 is 1.10 bits per heavy atom. The van der Waals surface area contributed by atoms with E-state index in [0.717, 1.165) is 24.2 Å². The predicted molar refractivity (Wildman–Crippen MR) is 109 cm³/mol. The van der Waals surface area contributed by atoms with Crippen LogP contribution in [0.5, 0.6) is 0 Å². The second kappa shape index (κ2) is 8.80. The van der Waals surface area contributed by atoms with Crippen molar-refractivity contribution in [2.24, 2.45) is 23.2 Å². The molecule has 1 unspecified atom stereocenters. The maximum absolute atomic E-state index is 12.9. The van der Waals surface area contributed by atoms with Gasteiger partial charge < -0.3 is 25.0 Å².